The molecule has 0 bridgehead atoms. The van der Waals surface area contributed by atoms with E-state index < -0.39 is 0 Å². The van der Waals surface area contributed by atoms with Gasteiger partial charge < -0.3 is 15.1 Å². The number of carbonyl (C=O) groups is 2. The molecule has 10 heteroatoms. The first kappa shape index (κ1) is 24.5. The molecule has 2 heterocycles. The van der Waals surface area contributed by atoms with Gasteiger partial charge in [-0.25, -0.2) is 0 Å². The number of nitrogens with zero attached hydrogens (tertiary/aromatic N) is 6. The number of piperazine rings is 1. The maximum atomic E-state index is 12.7. The number of aryl methyl sites for hydroxylation is 1. The average molecular weight is 514 g/mol. The molecular formula is C27H27N7O2S. The summed E-state index contributed by atoms with van der Waals surface area (Å²) in [4.78, 5) is 29.4. The van der Waals surface area contributed by atoms with Crippen molar-refractivity contribution in [3.63, 3.8) is 0 Å². The highest BCUT2D eigenvalue weighted by molar-refractivity contribution is 7.99. The molecular weight excluding hydrogens is 486 g/mol. The van der Waals surface area contributed by atoms with Gasteiger partial charge in [0.15, 0.2) is 0 Å². The lowest BCUT2D eigenvalue weighted by atomic mass is 10.1. The summed E-state index contributed by atoms with van der Waals surface area (Å²) in [7, 11) is 0. The van der Waals surface area contributed by atoms with Crippen molar-refractivity contribution in [2.75, 3.05) is 42.1 Å². The molecule has 9 nitrogen and oxygen atoms in total. The van der Waals surface area contributed by atoms with E-state index in [9.17, 15) is 9.59 Å². The number of amides is 2. The largest absolute Gasteiger partial charge is 0.368 e. The first-order chi connectivity index (χ1) is 18.1. The van der Waals surface area contributed by atoms with Crippen molar-refractivity contribution in [1.29, 1.82) is 0 Å². The minimum atomic E-state index is -0.135. The van der Waals surface area contributed by atoms with E-state index in [-0.39, 0.29) is 17.6 Å². The number of rotatable bonds is 7. The van der Waals surface area contributed by atoms with Gasteiger partial charge in [0.05, 0.1) is 11.4 Å². The van der Waals surface area contributed by atoms with Gasteiger partial charge in [-0.15, -0.1) is 5.10 Å². The monoisotopic (exact) mass is 513 g/mol. The summed E-state index contributed by atoms with van der Waals surface area (Å²) >= 11 is 1.28. The van der Waals surface area contributed by atoms with Crippen LogP contribution in [0.25, 0.3) is 5.69 Å². The van der Waals surface area contributed by atoms with E-state index in [1.165, 1.54) is 11.8 Å². The molecule has 37 heavy (non-hydrogen) atoms. The minimum Gasteiger partial charge on any atom is -0.368 e. The third-order valence-corrected chi connectivity index (χ3v) is 7.07. The fourth-order valence-corrected chi connectivity index (χ4v) is 4.82. The van der Waals surface area contributed by atoms with Gasteiger partial charge in [0.1, 0.15) is 0 Å². The van der Waals surface area contributed by atoms with Crippen LogP contribution in [0.4, 0.5) is 11.4 Å². The molecule has 3 aromatic carbocycles. The zero-order valence-corrected chi connectivity index (χ0v) is 21.3. The van der Waals surface area contributed by atoms with E-state index in [1.54, 1.807) is 4.68 Å². The summed E-state index contributed by atoms with van der Waals surface area (Å²) < 4.78 is 1.62. The van der Waals surface area contributed by atoms with Gasteiger partial charge in [0.2, 0.25) is 11.1 Å². The first-order valence-corrected chi connectivity index (χ1v) is 13.0. The number of benzene rings is 3. The summed E-state index contributed by atoms with van der Waals surface area (Å²) in [6.07, 6.45) is 0. The second-order valence-electron chi connectivity index (χ2n) is 8.74. The molecule has 1 aromatic heterocycles. The smallest absolute Gasteiger partial charge is 0.253 e. The zero-order chi connectivity index (χ0) is 25.6. The second kappa shape index (κ2) is 11.3. The standard InChI is InChI=1S/C27H27N7O2S/c1-20-7-11-24(12-8-20)34-27(29-30-31-34)37-19-25(35)28-22-9-13-23(14-10-22)32-15-17-33(18-16-32)26(36)21-5-3-2-4-6-21/h2-14H,15-19H2,1H3,(H,28,35). The van der Waals surface area contributed by atoms with Crippen molar-refractivity contribution in [1.82, 2.24) is 25.1 Å². The van der Waals surface area contributed by atoms with Crippen LogP contribution in [0, 0.1) is 6.92 Å². The third kappa shape index (κ3) is 5.97. The van der Waals surface area contributed by atoms with Gasteiger partial charge in [-0.05, 0) is 65.9 Å². The van der Waals surface area contributed by atoms with E-state index in [2.05, 4.69) is 25.7 Å². The Balaban J connectivity index is 1.11. The lowest BCUT2D eigenvalue weighted by Gasteiger charge is -2.36. The summed E-state index contributed by atoms with van der Waals surface area (Å²) in [5.41, 5.74) is 4.51. The summed E-state index contributed by atoms with van der Waals surface area (Å²) in [5.74, 6) is 0.124. The molecule has 4 aromatic rings. The molecule has 1 N–H and O–H groups in total. The molecule has 188 valence electrons. The number of thioether (sulfide) groups is 1. The lowest BCUT2D eigenvalue weighted by Crippen LogP contribution is -2.48. The van der Waals surface area contributed by atoms with Crippen LogP contribution in [0.2, 0.25) is 0 Å². The average Bonchev–Trinajstić information content (AvgIpc) is 3.42. The Bertz CT molecular complexity index is 1350. The van der Waals surface area contributed by atoms with Gasteiger partial charge >= 0.3 is 0 Å². The fourth-order valence-electron chi connectivity index (χ4n) is 4.13. The minimum absolute atomic E-state index is 0.0732. The number of anilines is 2. The van der Waals surface area contributed by atoms with Crippen LogP contribution in [-0.2, 0) is 4.79 Å². The number of aromatic nitrogens is 4. The quantitative estimate of drug-likeness (QED) is 0.377. The summed E-state index contributed by atoms with van der Waals surface area (Å²) in [6.45, 7) is 4.88. The molecule has 1 aliphatic rings. The number of carbonyl (C=O) groups excluding carboxylic acids is 2. The van der Waals surface area contributed by atoms with Crippen molar-refractivity contribution in [2.45, 2.75) is 12.1 Å². The molecule has 1 saturated heterocycles. The molecule has 0 radical (unpaired) electrons. The van der Waals surface area contributed by atoms with Crippen LogP contribution >= 0.6 is 11.8 Å². The maximum Gasteiger partial charge on any atom is 0.253 e. The Morgan fingerprint density at radius 3 is 2.24 bits per heavy atom. The van der Waals surface area contributed by atoms with Crippen LogP contribution in [0.3, 0.4) is 0 Å². The third-order valence-electron chi connectivity index (χ3n) is 6.16. The highest BCUT2D eigenvalue weighted by Crippen LogP contribution is 2.22. The Hall–Kier alpha value is -4.18. The number of tetrazole rings is 1. The van der Waals surface area contributed by atoms with Crippen LogP contribution in [0.5, 0.6) is 0 Å². The van der Waals surface area contributed by atoms with Gasteiger partial charge in [-0.1, -0.05) is 47.7 Å². The van der Waals surface area contributed by atoms with Gasteiger partial charge in [0, 0.05) is 43.1 Å². The highest BCUT2D eigenvalue weighted by atomic mass is 32.2. The van der Waals surface area contributed by atoms with Crippen LogP contribution < -0.4 is 10.2 Å². The van der Waals surface area contributed by atoms with Crippen molar-refractivity contribution in [3.05, 3.63) is 90.0 Å². The van der Waals surface area contributed by atoms with Gasteiger partial charge in [-0.2, -0.15) is 4.68 Å². The SMILES string of the molecule is Cc1ccc(-n2nnnc2SCC(=O)Nc2ccc(N3CCN(C(=O)c4ccccc4)CC3)cc2)cc1. The van der Waals surface area contributed by atoms with Gasteiger partial charge in [-0.3, -0.25) is 9.59 Å². The molecule has 2 amide bonds. The molecule has 0 saturated carbocycles. The van der Waals surface area contributed by atoms with E-state index in [0.29, 0.717) is 18.2 Å². The molecule has 1 fully saturated rings. The molecule has 0 aliphatic carbocycles. The fraction of sp³-hybridized carbons (Fsp3) is 0.222. The van der Waals surface area contributed by atoms with Crippen molar-refractivity contribution >= 4 is 35.0 Å². The Morgan fingerprint density at radius 2 is 1.54 bits per heavy atom. The van der Waals surface area contributed by atoms with Crippen molar-refractivity contribution in [3.8, 4) is 5.69 Å². The molecule has 5 rings (SSSR count). The molecule has 1 aliphatic heterocycles. The maximum absolute atomic E-state index is 12.7. The first-order valence-electron chi connectivity index (χ1n) is 12.0. The van der Waals surface area contributed by atoms with Crippen LogP contribution in [-0.4, -0.2) is 68.9 Å². The van der Waals surface area contributed by atoms with E-state index in [4.69, 9.17) is 0 Å². The van der Waals surface area contributed by atoms with Gasteiger partial charge in [0.25, 0.3) is 5.91 Å². The Kier molecular flexibility index (Phi) is 7.46. The highest BCUT2D eigenvalue weighted by Gasteiger charge is 2.22. The molecule has 0 atom stereocenters. The molecule has 0 unspecified atom stereocenters. The Labute approximate surface area is 219 Å². The number of hydrogen-bond acceptors (Lipinski definition) is 7. The molecule has 0 spiro atoms. The zero-order valence-electron chi connectivity index (χ0n) is 20.4. The normalized spacial score (nSPS) is 13.4. The second-order valence-corrected chi connectivity index (χ2v) is 9.68. The van der Waals surface area contributed by atoms with Crippen LogP contribution in [0.1, 0.15) is 15.9 Å². The predicted molar refractivity (Wildman–Crippen MR) is 144 cm³/mol. The van der Waals surface area contributed by atoms with Crippen molar-refractivity contribution in [2.24, 2.45) is 0 Å². The number of hydrogen-bond donors (Lipinski definition) is 1. The van der Waals surface area contributed by atoms with E-state index >= 15 is 0 Å². The topological polar surface area (TPSA) is 96.2 Å². The predicted octanol–water partition coefficient (Wildman–Crippen LogP) is 3.66. The summed E-state index contributed by atoms with van der Waals surface area (Å²) in [6, 6.07) is 25.0. The summed E-state index contributed by atoms with van der Waals surface area (Å²) in [5, 5.41) is 15.3. The number of nitrogens with one attached hydrogen (secondary N) is 1. The van der Waals surface area contributed by atoms with Crippen molar-refractivity contribution < 1.29 is 9.59 Å². The van der Waals surface area contributed by atoms with E-state index in [0.717, 1.165) is 41.3 Å². The Morgan fingerprint density at radius 1 is 0.865 bits per heavy atom. The van der Waals surface area contributed by atoms with Crippen LogP contribution in [0.15, 0.2) is 84.0 Å². The van der Waals surface area contributed by atoms with E-state index in [1.807, 2.05) is 90.7 Å². The lowest BCUT2D eigenvalue weighted by molar-refractivity contribution is -0.113.